The van der Waals surface area contributed by atoms with Crippen LogP contribution >= 0.6 is 12.0 Å². The predicted molar refractivity (Wildman–Crippen MR) is 115 cm³/mol. The molecular formula is C19H25N6O3S+. The monoisotopic (exact) mass is 417 g/mol. The summed E-state index contributed by atoms with van der Waals surface area (Å²) in [7, 11) is 0. The Morgan fingerprint density at radius 1 is 1.34 bits per heavy atom. The molecule has 154 valence electrons. The van der Waals surface area contributed by atoms with Gasteiger partial charge in [0.1, 0.15) is 5.04 Å². The molecule has 29 heavy (non-hydrogen) atoms. The van der Waals surface area contributed by atoms with E-state index in [1.165, 1.54) is 6.92 Å². The molecule has 0 aromatic rings. The number of guanidine groups is 1. The van der Waals surface area contributed by atoms with Crippen LogP contribution in [0.2, 0.25) is 0 Å². The normalized spacial score (nSPS) is 26.7. The molecule has 3 N–H and O–H groups in total. The zero-order chi connectivity index (χ0) is 21.0. The predicted octanol–water partition coefficient (Wildman–Crippen LogP) is 0.522. The van der Waals surface area contributed by atoms with Crippen molar-refractivity contribution in [2.45, 2.75) is 58.5 Å². The van der Waals surface area contributed by atoms with E-state index in [1.54, 1.807) is 12.3 Å². The SMILES string of the molecule is CC(=O)N[C@@H]1CCCC(C(=O)N=C2N=C3C(=CC(SO)=NC3=NC(C)C)C=[NH+]2)C1. The van der Waals surface area contributed by atoms with Gasteiger partial charge in [0.25, 0.3) is 0 Å². The number of hydrogen-bond acceptors (Lipinski definition) is 5. The molecule has 1 fully saturated rings. The minimum Gasteiger partial charge on any atom is -0.354 e. The van der Waals surface area contributed by atoms with Crippen LogP contribution in [0.1, 0.15) is 46.5 Å². The second-order valence-corrected chi connectivity index (χ2v) is 8.07. The Bertz CT molecular complexity index is 884. The summed E-state index contributed by atoms with van der Waals surface area (Å²) in [6.07, 6.45) is 6.44. The van der Waals surface area contributed by atoms with Crippen LogP contribution in [0.4, 0.5) is 0 Å². The molecule has 1 saturated carbocycles. The Morgan fingerprint density at radius 2 is 2.14 bits per heavy atom. The van der Waals surface area contributed by atoms with Gasteiger partial charge in [-0.2, -0.15) is 0 Å². The molecule has 0 radical (unpaired) electrons. The van der Waals surface area contributed by atoms with Crippen LogP contribution in [0.5, 0.6) is 0 Å². The van der Waals surface area contributed by atoms with Gasteiger partial charge in [-0.1, -0.05) is 11.4 Å². The molecule has 2 aliphatic heterocycles. The standard InChI is InChI=1S/C19H24N6O3S/c1-10(2)21-17-16-13(8-15(23-17)29-28)9-20-19(24-16)25-18(27)12-5-4-6-14(7-12)22-11(3)26/h8-10,12,14,28H,4-7H2,1-3H3,(H,22,26)/p+1/t12?,14-/m1/s1. The van der Waals surface area contributed by atoms with Crippen molar-refractivity contribution in [2.24, 2.45) is 25.9 Å². The van der Waals surface area contributed by atoms with Crippen molar-refractivity contribution in [3.63, 3.8) is 0 Å². The lowest BCUT2D eigenvalue weighted by Gasteiger charge is -2.26. The first-order valence-electron chi connectivity index (χ1n) is 9.64. The largest absolute Gasteiger partial charge is 0.434 e. The maximum atomic E-state index is 12.7. The fourth-order valence-corrected chi connectivity index (χ4v) is 3.80. The van der Waals surface area contributed by atoms with Crippen LogP contribution in [0.3, 0.4) is 0 Å². The summed E-state index contributed by atoms with van der Waals surface area (Å²) in [5, 5.41) is 3.31. The van der Waals surface area contributed by atoms with E-state index >= 15 is 0 Å². The number of fused-ring (bicyclic) bond motifs is 1. The number of amides is 2. The van der Waals surface area contributed by atoms with Gasteiger partial charge >= 0.3 is 11.9 Å². The van der Waals surface area contributed by atoms with Crippen LogP contribution in [-0.4, -0.2) is 57.2 Å². The zero-order valence-corrected chi connectivity index (χ0v) is 17.5. The van der Waals surface area contributed by atoms with Gasteiger partial charge in [-0.05, 0) is 44.2 Å². The van der Waals surface area contributed by atoms with Crippen molar-refractivity contribution in [1.82, 2.24) is 5.32 Å². The molecule has 0 spiro atoms. The Labute approximate surface area is 173 Å². The van der Waals surface area contributed by atoms with Gasteiger partial charge in [0.15, 0.2) is 11.5 Å². The molecule has 0 aromatic heterocycles. The lowest BCUT2D eigenvalue weighted by Crippen LogP contribution is -2.75. The second kappa shape index (κ2) is 9.36. The van der Waals surface area contributed by atoms with E-state index < -0.39 is 0 Å². The number of hydrogen-bond donors (Lipinski definition) is 3. The molecule has 9 nitrogen and oxygen atoms in total. The summed E-state index contributed by atoms with van der Waals surface area (Å²) >= 11 is 0.543. The maximum absolute atomic E-state index is 12.7. The molecule has 1 unspecified atom stereocenters. The van der Waals surface area contributed by atoms with Crippen molar-refractivity contribution >= 4 is 52.6 Å². The van der Waals surface area contributed by atoms with Crippen LogP contribution in [0.25, 0.3) is 0 Å². The summed E-state index contributed by atoms with van der Waals surface area (Å²) in [5.74, 6) is 0.0170. The van der Waals surface area contributed by atoms with Crippen LogP contribution in [0, 0.1) is 5.92 Å². The van der Waals surface area contributed by atoms with Crippen molar-refractivity contribution in [1.29, 1.82) is 0 Å². The third kappa shape index (κ3) is 5.54. The molecule has 3 aliphatic rings. The molecular weight excluding hydrogens is 392 g/mol. The van der Waals surface area contributed by atoms with Gasteiger partial charge in [-0.25, -0.2) is 9.98 Å². The van der Waals surface area contributed by atoms with Gasteiger partial charge in [-0.15, -0.1) is 0 Å². The highest BCUT2D eigenvalue weighted by Gasteiger charge is 2.32. The lowest BCUT2D eigenvalue weighted by molar-refractivity contribution is -0.311. The van der Waals surface area contributed by atoms with Crippen LogP contribution in [-0.2, 0) is 9.59 Å². The van der Waals surface area contributed by atoms with Gasteiger partial charge in [0.2, 0.25) is 5.91 Å². The lowest BCUT2D eigenvalue weighted by atomic mass is 9.85. The number of amidine groups is 1. The average Bonchev–Trinajstić information content (AvgIpc) is 2.67. The number of carbonyl (C=O) groups is 2. The minimum atomic E-state index is -0.249. The van der Waals surface area contributed by atoms with E-state index in [0.717, 1.165) is 19.3 Å². The van der Waals surface area contributed by atoms with E-state index in [-0.39, 0.29) is 35.8 Å². The Kier molecular flexibility index (Phi) is 6.86. The summed E-state index contributed by atoms with van der Waals surface area (Å²) < 4.78 is 9.34. The minimum absolute atomic E-state index is 0.00832. The third-order valence-corrected chi connectivity index (χ3v) is 5.07. The highest BCUT2D eigenvalue weighted by atomic mass is 32.2. The van der Waals surface area contributed by atoms with Crippen molar-refractivity contribution < 1.29 is 19.1 Å². The van der Waals surface area contributed by atoms with Crippen LogP contribution < -0.4 is 10.3 Å². The molecule has 0 aromatic carbocycles. The Balaban J connectivity index is 1.80. The molecule has 2 heterocycles. The smallest absolute Gasteiger partial charge is 0.354 e. The fraction of sp³-hybridized carbons (Fsp3) is 0.526. The second-order valence-electron chi connectivity index (χ2n) is 7.47. The summed E-state index contributed by atoms with van der Waals surface area (Å²) in [6.45, 7) is 5.33. The van der Waals surface area contributed by atoms with E-state index in [0.29, 0.717) is 40.6 Å². The number of dihydropyridines is 1. The number of carbonyl (C=O) groups excluding carboxylic acids is 2. The Morgan fingerprint density at radius 3 is 2.83 bits per heavy atom. The van der Waals surface area contributed by atoms with Gasteiger partial charge in [0.05, 0.1) is 17.7 Å². The third-order valence-electron chi connectivity index (χ3n) is 4.68. The Hall–Kier alpha value is -2.46. The molecule has 0 saturated heterocycles. The maximum Gasteiger partial charge on any atom is 0.434 e. The van der Waals surface area contributed by atoms with Gasteiger partial charge in [0, 0.05) is 31.1 Å². The molecule has 2 atom stereocenters. The van der Waals surface area contributed by atoms with Crippen molar-refractivity contribution in [2.75, 3.05) is 0 Å². The summed E-state index contributed by atoms with van der Waals surface area (Å²) in [4.78, 5) is 44.3. The molecule has 0 bridgehead atoms. The van der Waals surface area contributed by atoms with E-state index in [4.69, 9.17) is 0 Å². The van der Waals surface area contributed by atoms with Crippen LogP contribution in [0.15, 0.2) is 31.6 Å². The summed E-state index contributed by atoms with van der Waals surface area (Å²) in [6, 6.07) is -0.000382. The average molecular weight is 418 g/mol. The molecule has 2 amide bonds. The fourth-order valence-electron chi connectivity index (χ4n) is 3.49. The first-order valence-corrected chi connectivity index (χ1v) is 10.4. The molecule has 3 rings (SSSR count). The van der Waals surface area contributed by atoms with Crippen molar-refractivity contribution in [3.05, 3.63) is 11.6 Å². The van der Waals surface area contributed by atoms with Gasteiger partial charge in [-0.3, -0.25) is 14.6 Å². The first kappa shape index (κ1) is 21.3. The number of rotatable bonds is 3. The number of nitrogens with zero attached hydrogens (tertiary/aromatic N) is 4. The van der Waals surface area contributed by atoms with E-state index in [9.17, 15) is 14.1 Å². The summed E-state index contributed by atoms with van der Waals surface area (Å²) in [5.41, 5.74) is 1.23. The molecule has 1 aliphatic carbocycles. The molecule has 10 heteroatoms. The van der Waals surface area contributed by atoms with Crippen molar-refractivity contribution in [3.8, 4) is 0 Å². The van der Waals surface area contributed by atoms with E-state index in [2.05, 4.69) is 30.3 Å². The topological polar surface area (TPSA) is 130 Å². The quantitative estimate of drug-likeness (QED) is 0.578. The first-order chi connectivity index (χ1) is 13.9. The highest BCUT2D eigenvalue weighted by molar-refractivity contribution is 8.09. The van der Waals surface area contributed by atoms with Gasteiger partial charge < -0.3 is 9.87 Å². The number of nitrogens with one attached hydrogen (secondary N) is 2. The highest BCUT2D eigenvalue weighted by Crippen LogP contribution is 2.25. The zero-order valence-electron chi connectivity index (χ0n) is 16.7. The number of aliphatic imine (C=N–C) groups is 4. The van der Waals surface area contributed by atoms with E-state index in [1.807, 2.05) is 13.8 Å².